The molecule has 20 heavy (non-hydrogen) atoms. The summed E-state index contributed by atoms with van der Waals surface area (Å²) in [4.78, 5) is 23.1. The molecule has 0 aliphatic heterocycles. The molecular weight excluding hydrogens is 256 g/mol. The second-order valence-electron chi connectivity index (χ2n) is 5.65. The van der Waals surface area contributed by atoms with Gasteiger partial charge in [-0.1, -0.05) is 0 Å². The molecule has 1 aromatic rings. The van der Waals surface area contributed by atoms with Crippen LogP contribution in [0.15, 0.2) is 18.2 Å². The average molecular weight is 274 g/mol. The lowest BCUT2D eigenvalue weighted by Crippen LogP contribution is -2.24. The molecule has 0 saturated heterocycles. The third-order valence-corrected chi connectivity index (χ3v) is 4.23. The van der Waals surface area contributed by atoms with E-state index in [9.17, 15) is 9.59 Å². The van der Waals surface area contributed by atoms with Crippen molar-refractivity contribution in [2.45, 2.75) is 19.8 Å². The first-order chi connectivity index (χ1) is 9.55. The Morgan fingerprint density at radius 3 is 2.65 bits per heavy atom. The molecule has 0 bridgehead atoms. The van der Waals surface area contributed by atoms with Crippen molar-refractivity contribution in [2.75, 3.05) is 19.0 Å². The first kappa shape index (κ1) is 13.0. The van der Waals surface area contributed by atoms with Crippen LogP contribution < -0.4 is 15.4 Å². The summed E-state index contributed by atoms with van der Waals surface area (Å²) in [5.74, 6) is 1.23. The van der Waals surface area contributed by atoms with Crippen LogP contribution >= 0.6 is 0 Å². The summed E-state index contributed by atoms with van der Waals surface area (Å²) in [7, 11) is 1.57. The third kappa shape index (κ3) is 2.24. The summed E-state index contributed by atoms with van der Waals surface area (Å²) in [5.41, 5.74) is 1.72. The van der Waals surface area contributed by atoms with Crippen LogP contribution in [0.3, 0.4) is 0 Å². The van der Waals surface area contributed by atoms with E-state index in [4.69, 9.17) is 4.74 Å². The molecule has 0 atom stereocenters. The van der Waals surface area contributed by atoms with Crippen LogP contribution in [0.4, 0.5) is 5.69 Å². The van der Waals surface area contributed by atoms with Gasteiger partial charge in [0.15, 0.2) is 6.61 Å². The van der Waals surface area contributed by atoms with Gasteiger partial charge in [0.1, 0.15) is 5.75 Å². The van der Waals surface area contributed by atoms with Gasteiger partial charge in [-0.05, 0) is 49.4 Å². The van der Waals surface area contributed by atoms with Crippen LogP contribution in [-0.2, 0) is 9.59 Å². The number of anilines is 1. The highest BCUT2D eigenvalue weighted by Gasteiger charge is 2.74. The predicted molar refractivity (Wildman–Crippen MR) is 74.5 cm³/mol. The van der Waals surface area contributed by atoms with E-state index in [0.29, 0.717) is 11.7 Å². The Hall–Kier alpha value is -2.04. The van der Waals surface area contributed by atoms with Gasteiger partial charge >= 0.3 is 0 Å². The van der Waals surface area contributed by atoms with E-state index < -0.39 is 0 Å². The number of nitrogens with one attached hydrogen (secondary N) is 2. The zero-order valence-corrected chi connectivity index (χ0v) is 11.7. The standard InChI is InChI=1S/C15H18N2O3/c1-9-5-11(20-8-13(18)16-2)3-4-12(9)17-14(19)15-6-10(15)7-15/h3-5,10H,6-8H2,1-2H3,(H,16,18)(H,17,19). The van der Waals surface area contributed by atoms with Crippen LogP contribution in [0.1, 0.15) is 18.4 Å². The molecular formula is C15H18N2O3. The van der Waals surface area contributed by atoms with Crippen LogP contribution in [-0.4, -0.2) is 25.5 Å². The van der Waals surface area contributed by atoms with Crippen molar-refractivity contribution < 1.29 is 14.3 Å². The van der Waals surface area contributed by atoms with Gasteiger partial charge in [0.05, 0.1) is 5.41 Å². The highest BCUT2D eigenvalue weighted by molar-refractivity contribution is 6.00. The van der Waals surface area contributed by atoms with Crippen molar-refractivity contribution in [2.24, 2.45) is 11.3 Å². The second-order valence-corrected chi connectivity index (χ2v) is 5.65. The number of likely N-dealkylation sites (N-methyl/N-ethyl adjacent to an activating group) is 1. The number of benzene rings is 1. The Morgan fingerprint density at radius 1 is 1.40 bits per heavy atom. The Bertz CT molecular complexity index is 576. The maximum absolute atomic E-state index is 12.0. The second kappa shape index (κ2) is 4.51. The SMILES string of the molecule is CNC(=O)COc1ccc(NC(=O)C23CC2C3)c(C)c1. The summed E-state index contributed by atoms with van der Waals surface area (Å²) < 4.78 is 5.36. The Labute approximate surface area is 117 Å². The number of aryl methyl sites for hydroxylation is 1. The average Bonchev–Trinajstić information content (AvgIpc) is 3.27. The number of carbonyl (C=O) groups is 2. The molecule has 2 aliphatic carbocycles. The van der Waals surface area contributed by atoms with Gasteiger partial charge in [0.2, 0.25) is 5.91 Å². The van der Waals surface area contributed by atoms with Gasteiger partial charge in [-0.3, -0.25) is 9.59 Å². The van der Waals surface area contributed by atoms with Crippen molar-refractivity contribution in [3.8, 4) is 5.75 Å². The van der Waals surface area contributed by atoms with Crippen molar-refractivity contribution in [3.63, 3.8) is 0 Å². The molecule has 2 saturated carbocycles. The van der Waals surface area contributed by atoms with Gasteiger partial charge in [-0.25, -0.2) is 0 Å². The van der Waals surface area contributed by atoms with Gasteiger partial charge in [-0.2, -0.15) is 0 Å². The smallest absolute Gasteiger partial charge is 0.257 e. The molecule has 2 aliphatic rings. The molecule has 5 nitrogen and oxygen atoms in total. The fourth-order valence-corrected chi connectivity index (χ4v) is 2.41. The highest BCUT2D eigenvalue weighted by atomic mass is 16.5. The number of fused-ring (bicyclic) bond motifs is 1. The summed E-state index contributed by atoms with van der Waals surface area (Å²) in [6.45, 7) is 1.91. The maximum atomic E-state index is 12.0. The normalized spacial score (nSPS) is 25.4. The van der Waals surface area contributed by atoms with E-state index in [1.807, 2.05) is 19.1 Å². The quantitative estimate of drug-likeness (QED) is 0.854. The lowest BCUT2D eigenvalue weighted by Gasteiger charge is -2.12. The van der Waals surface area contributed by atoms with Crippen LogP contribution in [0.25, 0.3) is 0 Å². The summed E-state index contributed by atoms with van der Waals surface area (Å²) >= 11 is 0. The fraction of sp³-hybridized carbons (Fsp3) is 0.467. The maximum Gasteiger partial charge on any atom is 0.257 e. The Morgan fingerprint density at radius 2 is 2.10 bits per heavy atom. The molecule has 2 fully saturated rings. The lowest BCUT2D eigenvalue weighted by molar-refractivity contribution is -0.122. The van der Waals surface area contributed by atoms with E-state index in [-0.39, 0.29) is 23.8 Å². The number of carbonyl (C=O) groups excluding carboxylic acids is 2. The molecule has 5 heteroatoms. The largest absolute Gasteiger partial charge is 0.484 e. The van der Waals surface area contributed by atoms with Crippen molar-refractivity contribution in [3.05, 3.63) is 23.8 Å². The Kier molecular flexibility index (Phi) is 2.92. The van der Waals surface area contributed by atoms with Crippen molar-refractivity contribution >= 4 is 17.5 Å². The summed E-state index contributed by atoms with van der Waals surface area (Å²) in [6.07, 6.45) is 2.09. The molecule has 1 aromatic carbocycles. The minimum Gasteiger partial charge on any atom is -0.484 e. The van der Waals surface area contributed by atoms with E-state index in [0.717, 1.165) is 24.1 Å². The first-order valence-electron chi connectivity index (χ1n) is 6.80. The van der Waals surface area contributed by atoms with Crippen molar-refractivity contribution in [1.29, 1.82) is 0 Å². The van der Waals surface area contributed by atoms with E-state index >= 15 is 0 Å². The fourth-order valence-electron chi connectivity index (χ4n) is 2.41. The molecule has 0 radical (unpaired) electrons. The van der Waals surface area contributed by atoms with E-state index in [1.165, 1.54) is 0 Å². The lowest BCUT2D eigenvalue weighted by atomic mass is 10.1. The summed E-state index contributed by atoms with van der Waals surface area (Å²) in [5, 5.41) is 5.48. The minimum absolute atomic E-state index is 0.00750. The monoisotopic (exact) mass is 274 g/mol. The first-order valence-corrected chi connectivity index (χ1v) is 6.80. The molecule has 0 spiro atoms. The number of amides is 2. The molecule has 3 rings (SSSR count). The van der Waals surface area contributed by atoms with Crippen molar-refractivity contribution in [1.82, 2.24) is 5.32 Å². The van der Waals surface area contributed by atoms with Crippen LogP contribution in [0.5, 0.6) is 5.75 Å². The molecule has 0 unspecified atom stereocenters. The van der Waals surface area contributed by atoms with Crippen LogP contribution in [0.2, 0.25) is 0 Å². The molecule has 2 amide bonds. The number of hydrogen-bond donors (Lipinski definition) is 2. The molecule has 106 valence electrons. The zero-order valence-electron chi connectivity index (χ0n) is 11.7. The predicted octanol–water partition coefficient (Wildman–Crippen LogP) is 1.47. The van der Waals surface area contributed by atoms with E-state index in [2.05, 4.69) is 10.6 Å². The van der Waals surface area contributed by atoms with Gasteiger partial charge in [0.25, 0.3) is 5.91 Å². The van der Waals surface area contributed by atoms with Gasteiger partial charge in [0, 0.05) is 12.7 Å². The number of ether oxygens (including phenoxy) is 1. The zero-order chi connectivity index (χ0) is 14.3. The minimum atomic E-state index is -0.173. The Balaban J connectivity index is 1.61. The molecule has 0 aromatic heterocycles. The highest BCUT2D eigenvalue weighted by Crippen LogP contribution is 2.75. The number of hydrogen-bond acceptors (Lipinski definition) is 3. The number of rotatable bonds is 5. The molecule has 2 N–H and O–H groups in total. The topological polar surface area (TPSA) is 67.4 Å². The van der Waals surface area contributed by atoms with Crippen LogP contribution in [0, 0.1) is 18.3 Å². The van der Waals surface area contributed by atoms with Gasteiger partial charge in [-0.15, -0.1) is 0 Å². The van der Waals surface area contributed by atoms with E-state index in [1.54, 1.807) is 13.1 Å². The summed E-state index contributed by atoms with van der Waals surface area (Å²) in [6, 6.07) is 5.41. The molecule has 0 heterocycles. The van der Waals surface area contributed by atoms with Gasteiger partial charge < -0.3 is 15.4 Å². The third-order valence-electron chi connectivity index (χ3n) is 4.23.